The van der Waals surface area contributed by atoms with E-state index in [0.717, 1.165) is 29.9 Å². The molecule has 6 nitrogen and oxygen atoms in total. The predicted molar refractivity (Wildman–Crippen MR) is 129 cm³/mol. The van der Waals surface area contributed by atoms with E-state index in [0.29, 0.717) is 16.4 Å². The second-order valence-electron chi connectivity index (χ2n) is 7.53. The molecule has 0 bridgehead atoms. The van der Waals surface area contributed by atoms with E-state index in [4.69, 9.17) is 16.3 Å². The van der Waals surface area contributed by atoms with Crippen molar-refractivity contribution in [3.63, 3.8) is 0 Å². The smallest absolute Gasteiger partial charge is 0.289 e. The molecule has 3 rings (SSSR count). The maximum Gasteiger partial charge on any atom is 0.289 e. The molecular weight excluding hydrogens is 424 g/mol. The second kappa shape index (κ2) is 12.7. The van der Waals surface area contributed by atoms with Crippen LogP contribution in [0.25, 0.3) is 11.3 Å². The third-order valence-corrected chi connectivity index (χ3v) is 5.36. The van der Waals surface area contributed by atoms with Gasteiger partial charge in [0, 0.05) is 16.1 Å². The topological polar surface area (TPSA) is 79.4 Å². The van der Waals surface area contributed by atoms with Gasteiger partial charge in [0.05, 0.1) is 18.5 Å². The Labute approximate surface area is 194 Å². The summed E-state index contributed by atoms with van der Waals surface area (Å²) >= 11 is 6.07. The van der Waals surface area contributed by atoms with Crippen molar-refractivity contribution in [2.24, 2.45) is 5.10 Å². The molecule has 0 saturated heterocycles. The van der Waals surface area contributed by atoms with Crippen LogP contribution in [0, 0.1) is 0 Å². The molecule has 1 amide bonds. The molecule has 3 aromatic rings. The van der Waals surface area contributed by atoms with Crippen LogP contribution in [0.5, 0.6) is 5.75 Å². The fraction of sp³-hybridized carbons (Fsp3) is 0.320. The minimum Gasteiger partial charge on any atom is -0.494 e. The van der Waals surface area contributed by atoms with Gasteiger partial charge in [-0.3, -0.25) is 9.89 Å². The van der Waals surface area contributed by atoms with Crippen LogP contribution in [-0.4, -0.2) is 28.9 Å². The minimum absolute atomic E-state index is 0.319. The van der Waals surface area contributed by atoms with Gasteiger partial charge in [0.1, 0.15) is 11.4 Å². The van der Waals surface area contributed by atoms with Gasteiger partial charge < -0.3 is 4.74 Å². The zero-order valence-corrected chi connectivity index (χ0v) is 19.1. The fourth-order valence-electron chi connectivity index (χ4n) is 3.18. The van der Waals surface area contributed by atoms with Gasteiger partial charge >= 0.3 is 0 Å². The summed E-state index contributed by atoms with van der Waals surface area (Å²) in [7, 11) is 0. The third kappa shape index (κ3) is 7.24. The Morgan fingerprint density at radius 1 is 1.09 bits per heavy atom. The van der Waals surface area contributed by atoms with Crippen molar-refractivity contribution in [1.82, 2.24) is 15.6 Å². The highest BCUT2D eigenvalue weighted by atomic mass is 35.5. The molecule has 0 atom stereocenters. The quantitative estimate of drug-likeness (QED) is 0.194. The van der Waals surface area contributed by atoms with Gasteiger partial charge in [-0.05, 0) is 42.8 Å². The number of H-pyrrole nitrogens is 1. The maximum absolute atomic E-state index is 12.3. The number of aromatic amines is 1. The van der Waals surface area contributed by atoms with Crippen LogP contribution in [0.3, 0.4) is 0 Å². The summed E-state index contributed by atoms with van der Waals surface area (Å²) < 4.78 is 5.82. The van der Waals surface area contributed by atoms with Gasteiger partial charge in [-0.15, -0.1) is 0 Å². The zero-order chi connectivity index (χ0) is 22.6. The van der Waals surface area contributed by atoms with E-state index in [1.807, 2.05) is 42.5 Å². The Morgan fingerprint density at radius 3 is 2.62 bits per heavy atom. The van der Waals surface area contributed by atoms with Crippen LogP contribution in [0.1, 0.15) is 61.5 Å². The lowest BCUT2D eigenvalue weighted by atomic mass is 10.1. The average molecular weight is 453 g/mol. The van der Waals surface area contributed by atoms with E-state index in [9.17, 15) is 4.79 Å². The molecule has 0 aliphatic carbocycles. The molecule has 0 aliphatic heterocycles. The van der Waals surface area contributed by atoms with Crippen LogP contribution < -0.4 is 10.2 Å². The van der Waals surface area contributed by atoms with Crippen LogP contribution in [0.2, 0.25) is 5.02 Å². The molecule has 0 spiro atoms. The Kier molecular flexibility index (Phi) is 9.32. The first-order valence-corrected chi connectivity index (χ1v) is 11.4. The molecule has 0 unspecified atom stereocenters. The molecule has 0 radical (unpaired) electrons. The van der Waals surface area contributed by atoms with E-state index >= 15 is 0 Å². The van der Waals surface area contributed by atoms with Gasteiger partial charge in [-0.25, -0.2) is 5.43 Å². The lowest BCUT2D eigenvalue weighted by Crippen LogP contribution is -2.18. The van der Waals surface area contributed by atoms with Crippen molar-refractivity contribution < 1.29 is 9.53 Å². The summed E-state index contributed by atoms with van der Waals surface area (Å²) in [5.41, 5.74) is 5.08. The molecule has 2 N–H and O–H groups in total. The van der Waals surface area contributed by atoms with Crippen molar-refractivity contribution in [2.75, 3.05) is 6.61 Å². The molecule has 0 aliphatic rings. The number of halogens is 1. The van der Waals surface area contributed by atoms with E-state index in [1.165, 1.54) is 38.3 Å². The van der Waals surface area contributed by atoms with Gasteiger partial charge in [0.25, 0.3) is 5.91 Å². The van der Waals surface area contributed by atoms with Crippen LogP contribution in [-0.2, 0) is 0 Å². The first-order valence-electron chi connectivity index (χ1n) is 11.0. The third-order valence-electron chi connectivity index (χ3n) is 5.01. The first kappa shape index (κ1) is 23.5. The number of carbonyl (C=O) groups excluding carboxylic acids is 1. The number of carbonyl (C=O) groups is 1. The standard InChI is InChI=1S/C25H29ClN4O2/c1-2-3-4-5-6-9-16-32-21-14-12-19(13-15-21)23-17-24(29-28-23)25(31)30-27-18-20-10-7-8-11-22(20)26/h7-8,10-15,17-18H,2-6,9,16H2,1H3,(H,28,29)(H,30,31)/b27-18+. The number of hydrogen-bond donors (Lipinski definition) is 2. The molecule has 7 heteroatoms. The van der Waals surface area contributed by atoms with E-state index in [-0.39, 0.29) is 5.91 Å². The Bertz CT molecular complexity index is 1010. The molecule has 1 aromatic heterocycles. The number of aromatic nitrogens is 2. The SMILES string of the molecule is CCCCCCCCOc1ccc(-c2cc(C(=O)N/N=C/c3ccccc3Cl)[nH]n2)cc1. The average Bonchev–Trinajstić information content (AvgIpc) is 3.31. The molecular formula is C25H29ClN4O2. The normalized spacial score (nSPS) is 11.1. The zero-order valence-electron chi connectivity index (χ0n) is 18.3. The Hall–Kier alpha value is -3.12. The molecule has 32 heavy (non-hydrogen) atoms. The summed E-state index contributed by atoms with van der Waals surface area (Å²) in [4.78, 5) is 12.3. The van der Waals surface area contributed by atoms with Crippen molar-refractivity contribution in [3.05, 3.63) is 70.9 Å². The predicted octanol–water partition coefficient (Wildman–Crippen LogP) is 6.23. The number of nitrogens with zero attached hydrogens (tertiary/aromatic N) is 2. The molecule has 1 heterocycles. The highest BCUT2D eigenvalue weighted by Crippen LogP contribution is 2.21. The molecule has 0 fully saturated rings. The molecule has 2 aromatic carbocycles. The fourth-order valence-corrected chi connectivity index (χ4v) is 3.37. The summed E-state index contributed by atoms with van der Waals surface area (Å²) in [5, 5.41) is 11.5. The Morgan fingerprint density at radius 2 is 1.84 bits per heavy atom. The number of amides is 1. The first-order chi connectivity index (χ1) is 15.7. The monoisotopic (exact) mass is 452 g/mol. The van der Waals surface area contributed by atoms with Crippen molar-refractivity contribution >= 4 is 23.7 Å². The van der Waals surface area contributed by atoms with Gasteiger partial charge in [-0.2, -0.15) is 10.2 Å². The van der Waals surface area contributed by atoms with Gasteiger partial charge in [0.15, 0.2) is 0 Å². The molecule has 0 saturated carbocycles. The lowest BCUT2D eigenvalue weighted by Gasteiger charge is -2.06. The second-order valence-corrected chi connectivity index (χ2v) is 7.94. The summed E-state index contributed by atoms with van der Waals surface area (Å²) in [5.74, 6) is 0.454. The van der Waals surface area contributed by atoms with E-state index in [1.54, 1.807) is 12.1 Å². The number of rotatable bonds is 12. The number of ether oxygens (including phenoxy) is 1. The minimum atomic E-state index is -0.383. The van der Waals surface area contributed by atoms with E-state index in [2.05, 4.69) is 27.6 Å². The Balaban J connectivity index is 1.47. The van der Waals surface area contributed by atoms with Crippen LogP contribution in [0.4, 0.5) is 0 Å². The highest BCUT2D eigenvalue weighted by Gasteiger charge is 2.10. The van der Waals surface area contributed by atoms with Crippen molar-refractivity contribution in [3.8, 4) is 17.0 Å². The van der Waals surface area contributed by atoms with E-state index < -0.39 is 0 Å². The van der Waals surface area contributed by atoms with Crippen molar-refractivity contribution in [1.29, 1.82) is 0 Å². The number of benzene rings is 2. The van der Waals surface area contributed by atoms with Crippen molar-refractivity contribution in [2.45, 2.75) is 45.4 Å². The summed E-state index contributed by atoms with van der Waals surface area (Å²) in [6.45, 7) is 2.96. The molecule has 168 valence electrons. The highest BCUT2D eigenvalue weighted by molar-refractivity contribution is 6.33. The number of nitrogens with one attached hydrogen (secondary N) is 2. The number of unbranched alkanes of at least 4 members (excludes halogenated alkanes) is 5. The lowest BCUT2D eigenvalue weighted by molar-refractivity contribution is 0.0950. The number of hydrogen-bond acceptors (Lipinski definition) is 4. The summed E-state index contributed by atoms with van der Waals surface area (Å²) in [6.07, 6.45) is 8.94. The van der Waals surface area contributed by atoms with Crippen LogP contribution in [0.15, 0.2) is 59.7 Å². The summed E-state index contributed by atoms with van der Waals surface area (Å²) in [6, 6.07) is 16.7. The van der Waals surface area contributed by atoms with Gasteiger partial charge in [0.2, 0.25) is 0 Å². The maximum atomic E-state index is 12.3. The van der Waals surface area contributed by atoms with Crippen LogP contribution >= 0.6 is 11.6 Å². The largest absolute Gasteiger partial charge is 0.494 e. The number of hydrazone groups is 1. The van der Waals surface area contributed by atoms with Gasteiger partial charge in [-0.1, -0.05) is 68.8 Å².